The van der Waals surface area contributed by atoms with Crippen molar-refractivity contribution < 1.29 is 8.78 Å². The highest BCUT2D eigenvalue weighted by Crippen LogP contribution is 2.50. The van der Waals surface area contributed by atoms with Crippen molar-refractivity contribution in [3.63, 3.8) is 0 Å². The first kappa shape index (κ1) is 13.7. The normalized spacial score (nSPS) is 28.2. The number of hydrogen-bond acceptors (Lipinski definition) is 1. The van der Waals surface area contributed by atoms with E-state index in [0.717, 1.165) is 33.5 Å². The minimum Gasteiger partial charge on any atom is -0.379 e. The molecule has 1 aromatic carbocycles. The van der Waals surface area contributed by atoms with Crippen molar-refractivity contribution in [2.75, 3.05) is 0 Å². The average molecular weight is 299 g/mol. The topological polar surface area (TPSA) is 12.0 Å². The molecule has 0 fully saturated rings. The third-order valence-electron chi connectivity index (χ3n) is 4.87. The zero-order valence-corrected chi connectivity index (χ0v) is 13.0. The number of halogens is 2. The summed E-state index contributed by atoms with van der Waals surface area (Å²) in [6, 6.07) is 4.67. The molecule has 4 rings (SSSR count). The Morgan fingerprint density at radius 2 is 2.05 bits per heavy atom. The quantitative estimate of drug-likeness (QED) is 0.736. The minimum atomic E-state index is -1.07. The van der Waals surface area contributed by atoms with E-state index in [1.165, 1.54) is 12.1 Å². The van der Waals surface area contributed by atoms with E-state index in [-0.39, 0.29) is 17.3 Å². The first-order chi connectivity index (χ1) is 10.4. The van der Waals surface area contributed by atoms with E-state index < -0.39 is 6.17 Å². The zero-order chi connectivity index (χ0) is 15.6. The molecule has 0 saturated heterocycles. The van der Waals surface area contributed by atoms with E-state index in [1.54, 1.807) is 6.07 Å². The first-order valence-corrected chi connectivity index (χ1v) is 7.71. The largest absolute Gasteiger partial charge is 0.379 e. The highest BCUT2D eigenvalue weighted by molar-refractivity contribution is 5.70. The molecule has 22 heavy (non-hydrogen) atoms. The molecule has 1 aliphatic heterocycles. The average Bonchev–Trinajstić information content (AvgIpc) is 2.73. The summed E-state index contributed by atoms with van der Waals surface area (Å²) in [6.07, 6.45) is 3.70. The second-order valence-electron chi connectivity index (χ2n) is 7.11. The SMILES string of the molecule is CC1=CC(C)(C)NC2=C1C(F)C1C(=Cc3cc(F)ccc31)C2. The van der Waals surface area contributed by atoms with Crippen molar-refractivity contribution in [2.45, 2.75) is 44.8 Å². The standard InChI is InChI=1S/C19H19F2N/c1-10-9-19(2,3)22-15-8-12-6-11-7-13(20)4-5-14(11)17(12)18(21)16(10)15/h4-7,9,17-18,22H,8H2,1-3H3. The lowest BCUT2D eigenvalue weighted by atomic mass is 9.75. The van der Waals surface area contributed by atoms with Crippen LogP contribution in [-0.4, -0.2) is 11.7 Å². The van der Waals surface area contributed by atoms with Gasteiger partial charge in [0.05, 0.1) is 5.54 Å². The lowest BCUT2D eigenvalue weighted by Gasteiger charge is -2.40. The van der Waals surface area contributed by atoms with Crippen LogP contribution in [0.2, 0.25) is 0 Å². The van der Waals surface area contributed by atoms with Crippen molar-refractivity contribution in [3.8, 4) is 0 Å². The van der Waals surface area contributed by atoms with Gasteiger partial charge in [0.15, 0.2) is 0 Å². The van der Waals surface area contributed by atoms with Gasteiger partial charge in [0.25, 0.3) is 0 Å². The van der Waals surface area contributed by atoms with E-state index in [1.807, 2.05) is 13.0 Å². The molecule has 114 valence electrons. The van der Waals surface area contributed by atoms with Gasteiger partial charge in [-0.1, -0.05) is 23.8 Å². The molecule has 3 aliphatic rings. The molecule has 1 heterocycles. The molecular formula is C19H19F2N. The van der Waals surface area contributed by atoms with Gasteiger partial charge in [0.2, 0.25) is 0 Å². The minimum absolute atomic E-state index is 0.159. The molecule has 0 amide bonds. The lowest BCUT2D eigenvalue weighted by molar-refractivity contribution is 0.325. The Labute approximate surface area is 129 Å². The van der Waals surface area contributed by atoms with Crippen LogP contribution in [-0.2, 0) is 0 Å². The van der Waals surface area contributed by atoms with E-state index in [9.17, 15) is 4.39 Å². The van der Waals surface area contributed by atoms with Crippen LogP contribution in [0.1, 0.15) is 44.2 Å². The molecule has 0 bridgehead atoms. The van der Waals surface area contributed by atoms with Crippen molar-refractivity contribution in [1.82, 2.24) is 5.32 Å². The van der Waals surface area contributed by atoms with E-state index in [0.29, 0.717) is 6.42 Å². The number of rotatable bonds is 0. The molecule has 0 aromatic heterocycles. The van der Waals surface area contributed by atoms with Crippen LogP contribution in [0.25, 0.3) is 6.08 Å². The fourth-order valence-corrected chi connectivity index (χ4v) is 4.19. The smallest absolute Gasteiger partial charge is 0.138 e. The predicted molar refractivity (Wildman–Crippen MR) is 84.6 cm³/mol. The summed E-state index contributed by atoms with van der Waals surface area (Å²) in [6.45, 7) is 6.17. The zero-order valence-electron chi connectivity index (χ0n) is 13.0. The van der Waals surface area contributed by atoms with Gasteiger partial charge < -0.3 is 5.32 Å². The molecule has 2 aliphatic carbocycles. The Bertz CT molecular complexity index is 768. The summed E-state index contributed by atoms with van der Waals surface area (Å²) in [5.74, 6) is -0.529. The summed E-state index contributed by atoms with van der Waals surface area (Å²) >= 11 is 0. The Balaban J connectivity index is 1.82. The van der Waals surface area contributed by atoms with Crippen LogP contribution in [0.4, 0.5) is 8.78 Å². The Hall–Kier alpha value is -1.90. The summed E-state index contributed by atoms with van der Waals surface area (Å²) in [5.41, 5.74) is 5.40. The summed E-state index contributed by atoms with van der Waals surface area (Å²) in [5, 5.41) is 3.45. The van der Waals surface area contributed by atoms with Gasteiger partial charge in [-0.25, -0.2) is 8.78 Å². The number of dihydropyridines is 1. The first-order valence-electron chi connectivity index (χ1n) is 7.71. The van der Waals surface area contributed by atoms with Gasteiger partial charge in [0, 0.05) is 23.6 Å². The van der Waals surface area contributed by atoms with Crippen molar-refractivity contribution in [3.05, 3.63) is 63.6 Å². The van der Waals surface area contributed by atoms with Crippen LogP contribution in [0, 0.1) is 5.82 Å². The molecule has 2 atom stereocenters. The third kappa shape index (κ3) is 1.88. The maximum absolute atomic E-state index is 15.3. The highest BCUT2D eigenvalue weighted by atomic mass is 19.1. The van der Waals surface area contributed by atoms with Gasteiger partial charge in [-0.3, -0.25) is 0 Å². The molecule has 3 heteroatoms. The fourth-order valence-electron chi connectivity index (χ4n) is 4.19. The Morgan fingerprint density at radius 1 is 1.27 bits per heavy atom. The maximum Gasteiger partial charge on any atom is 0.138 e. The molecule has 0 radical (unpaired) electrons. The van der Waals surface area contributed by atoms with Gasteiger partial charge in [-0.15, -0.1) is 0 Å². The van der Waals surface area contributed by atoms with Crippen LogP contribution < -0.4 is 5.32 Å². The van der Waals surface area contributed by atoms with Gasteiger partial charge >= 0.3 is 0 Å². The molecule has 0 spiro atoms. The molecule has 1 N–H and O–H groups in total. The van der Waals surface area contributed by atoms with Crippen LogP contribution in [0.15, 0.2) is 46.7 Å². The third-order valence-corrected chi connectivity index (χ3v) is 4.87. The van der Waals surface area contributed by atoms with Gasteiger partial charge in [-0.2, -0.15) is 0 Å². The summed E-state index contributed by atoms with van der Waals surface area (Å²) < 4.78 is 28.7. The molecule has 2 unspecified atom stereocenters. The summed E-state index contributed by atoms with van der Waals surface area (Å²) in [4.78, 5) is 0. The Morgan fingerprint density at radius 3 is 2.82 bits per heavy atom. The number of benzene rings is 1. The predicted octanol–water partition coefficient (Wildman–Crippen LogP) is 4.63. The number of hydrogen-bond donors (Lipinski definition) is 1. The number of fused-ring (bicyclic) bond motifs is 3. The highest BCUT2D eigenvalue weighted by Gasteiger charge is 2.42. The number of allylic oxidation sites excluding steroid dienone is 3. The van der Waals surface area contributed by atoms with Gasteiger partial charge in [-0.05, 0) is 49.6 Å². The van der Waals surface area contributed by atoms with Crippen molar-refractivity contribution in [2.24, 2.45) is 0 Å². The fraction of sp³-hybridized carbons (Fsp3) is 0.368. The van der Waals surface area contributed by atoms with E-state index in [4.69, 9.17) is 0 Å². The van der Waals surface area contributed by atoms with Gasteiger partial charge in [0.1, 0.15) is 12.0 Å². The Kier molecular flexibility index (Phi) is 2.69. The number of alkyl halides is 1. The lowest BCUT2D eigenvalue weighted by Crippen LogP contribution is -2.43. The summed E-state index contributed by atoms with van der Waals surface area (Å²) in [7, 11) is 0. The maximum atomic E-state index is 15.3. The van der Waals surface area contributed by atoms with Crippen molar-refractivity contribution >= 4 is 6.08 Å². The van der Waals surface area contributed by atoms with E-state index in [2.05, 4.69) is 25.2 Å². The second-order valence-corrected chi connectivity index (χ2v) is 7.11. The van der Waals surface area contributed by atoms with Crippen LogP contribution >= 0.6 is 0 Å². The van der Waals surface area contributed by atoms with Crippen molar-refractivity contribution in [1.29, 1.82) is 0 Å². The molecular weight excluding hydrogens is 280 g/mol. The number of nitrogens with one attached hydrogen (secondary N) is 1. The monoisotopic (exact) mass is 299 g/mol. The second kappa shape index (κ2) is 4.31. The van der Waals surface area contributed by atoms with Crippen LogP contribution in [0.3, 0.4) is 0 Å². The molecule has 0 saturated carbocycles. The van der Waals surface area contributed by atoms with E-state index >= 15 is 4.39 Å². The van der Waals surface area contributed by atoms with Crippen LogP contribution in [0.5, 0.6) is 0 Å². The molecule has 1 nitrogen and oxygen atoms in total. The molecule has 1 aromatic rings.